The van der Waals surface area contributed by atoms with Crippen molar-refractivity contribution >= 4 is 28.0 Å². The first-order valence-electron chi connectivity index (χ1n) is 13.4. The lowest BCUT2D eigenvalue weighted by Gasteiger charge is -2.25. The van der Waals surface area contributed by atoms with E-state index >= 15 is 0 Å². The number of aryl methyl sites for hydroxylation is 2. The largest absolute Gasteiger partial charge is 0.416 e. The molecule has 0 radical (unpaired) electrons. The first kappa shape index (κ1) is 25.9. The highest BCUT2D eigenvalue weighted by molar-refractivity contribution is 6.24. The van der Waals surface area contributed by atoms with Crippen molar-refractivity contribution in [3.8, 4) is 11.4 Å². The predicted octanol–water partition coefficient (Wildman–Crippen LogP) is 4.59. The summed E-state index contributed by atoms with van der Waals surface area (Å²) in [6, 6.07) is 16.4. The number of ketones is 2. The van der Waals surface area contributed by atoms with Gasteiger partial charge in [-0.1, -0.05) is 30.3 Å². The molecule has 0 aliphatic carbocycles. The zero-order chi connectivity index (χ0) is 29.2. The van der Waals surface area contributed by atoms with Crippen molar-refractivity contribution in [3.05, 3.63) is 112 Å². The summed E-state index contributed by atoms with van der Waals surface area (Å²) >= 11 is 0. The van der Waals surface area contributed by atoms with Gasteiger partial charge in [0.1, 0.15) is 12.2 Å². The molecule has 2 aromatic heterocycles. The summed E-state index contributed by atoms with van der Waals surface area (Å²) in [6.45, 7) is 2.45. The molecule has 3 aromatic carbocycles. The molecule has 0 saturated carbocycles. The van der Waals surface area contributed by atoms with Gasteiger partial charge in [0, 0.05) is 40.0 Å². The Morgan fingerprint density at radius 3 is 2.62 bits per heavy atom. The van der Waals surface area contributed by atoms with Gasteiger partial charge in [-0.2, -0.15) is 18.3 Å². The van der Waals surface area contributed by atoms with Crippen LogP contribution in [0.4, 0.5) is 13.2 Å². The predicted molar refractivity (Wildman–Crippen MR) is 148 cm³/mol. The van der Waals surface area contributed by atoms with E-state index in [0.717, 1.165) is 28.6 Å². The van der Waals surface area contributed by atoms with Crippen molar-refractivity contribution in [1.29, 1.82) is 0 Å². The minimum atomic E-state index is -4.44. The summed E-state index contributed by atoms with van der Waals surface area (Å²) in [4.78, 5) is 40.2. The van der Waals surface area contributed by atoms with E-state index in [9.17, 15) is 22.8 Å². The molecular weight excluding hydrogens is 543 g/mol. The molecule has 1 atom stereocenters. The Morgan fingerprint density at radius 1 is 0.976 bits per heavy atom. The van der Waals surface area contributed by atoms with E-state index < -0.39 is 17.7 Å². The van der Waals surface area contributed by atoms with Crippen LogP contribution in [0.1, 0.15) is 45.1 Å². The van der Waals surface area contributed by atoms with Gasteiger partial charge in [-0.15, -0.1) is 0 Å². The van der Waals surface area contributed by atoms with Gasteiger partial charge in [0.15, 0.2) is 17.4 Å². The van der Waals surface area contributed by atoms with Crippen molar-refractivity contribution < 1.29 is 22.8 Å². The summed E-state index contributed by atoms with van der Waals surface area (Å²) in [5, 5.41) is 6.17. The van der Waals surface area contributed by atoms with E-state index in [0.29, 0.717) is 57.3 Å². The van der Waals surface area contributed by atoms with Crippen LogP contribution in [-0.2, 0) is 17.5 Å². The molecule has 208 valence electrons. The lowest BCUT2D eigenvalue weighted by molar-refractivity contribution is -0.137. The van der Waals surface area contributed by atoms with Crippen LogP contribution in [0, 0.1) is 6.92 Å². The van der Waals surface area contributed by atoms with Gasteiger partial charge in [0.05, 0.1) is 28.6 Å². The van der Waals surface area contributed by atoms with E-state index in [1.807, 2.05) is 49.4 Å². The molecule has 10 heteroatoms. The number of nitrogens with zero attached hydrogens (tertiary/aromatic N) is 5. The van der Waals surface area contributed by atoms with E-state index in [-0.39, 0.29) is 18.1 Å². The van der Waals surface area contributed by atoms with Crippen LogP contribution >= 0.6 is 0 Å². The van der Waals surface area contributed by atoms with Gasteiger partial charge in [0.2, 0.25) is 0 Å². The van der Waals surface area contributed by atoms with Gasteiger partial charge >= 0.3 is 6.18 Å². The Labute approximate surface area is 237 Å². The lowest BCUT2D eigenvalue weighted by atomic mass is 9.82. The van der Waals surface area contributed by atoms with Gasteiger partial charge in [-0.3, -0.25) is 19.3 Å². The van der Waals surface area contributed by atoms with Gasteiger partial charge < -0.3 is 0 Å². The fourth-order valence-corrected chi connectivity index (χ4v) is 5.90. The highest BCUT2D eigenvalue weighted by Crippen LogP contribution is 2.36. The number of alkyl halides is 3. The number of Topliss-reactive ketones (excluding diaryl/α,β-unsaturated/α-hetero) is 2. The molecule has 2 aliphatic rings. The van der Waals surface area contributed by atoms with Gasteiger partial charge in [0.25, 0.3) is 0 Å². The number of hydrogen-bond acceptors (Lipinski definition) is 6. The highest BCUT2D eigenvalue weighted by Gasteiger charge is 2.35. The summed E-state index contributed by atoms with van der Waals surface area (Å²) in [5.74, 6) is -0.305. The van der Waals surface area contributed by atoms with Crippen molar-refractivity contribution in [1.82, 2.24) is 19.7 Å². The monoisotopic (exact) mass is 565 g/mol. The van der Waals surface area contributed by atoms with Crippen molar-refractivity contribution in [2.45, 2.75) is 32.0 Å². The fourth-order valence-electron chi connectivity index (χ4n) is 5.90. The first-order chi connectivity index (χ1) is 20.2. The molecule has 0 saturated heterocycles. The van der Waals surface area contributed by atoms with E-state index in [1.54, 1.807) is 10.9 Å². The standard InChI is InChI=1S/C32H22F3N5O2/c1-17-12-18(31-37-14-19-13-20(32(33,34)35)7-9-25(19)39-31)6-8-21(17)22-10-11-40-29(30(22)42)24(15-38-40)28-23-4-2-3-5-26(23)36-16-27(28)41/h2-9,12-15,22H,10-11,16H2,1H3. The Balaban J connectivity index is 1.24. The van der Waals surface area contributed by atoms with Crippen LogP contribution in [0.3, 0.4) is 0 Å². The van der Waals surface area contributed by atoms with Crippen molar-refractivity contribution in [2.75, 3.05) is 6.54 Å². The summed E-state index contributed by atoms with van der Waals surface area (Å²) in [5.41, 5.74) is 3.49. The first-order valence-corrected chi connectivity index (χ1v) is 13.4. The molecule has 0 fully saturated rings. The maximum atomic E-state index is 14.0. The second-order valence-corrected chi connectivity index (χ2v) is 10.5. The number of hydrogen-bond donors (Lipinski definition) is 0. The topological polar surface area (TPSA) is 90.1 Å². The number of halogens is 3. The minimum Gasteiger partial charge on any atom is -0.292 e. The molecular formula is C32H22F3N5O2. The molecule has 7 rings (SSSR count). The average Bonchev–Trinajstić information content (AvgIpc) is 3.41. The second kappa shape index (κ2) is 9.54. The van der Waals surface area contributed by atoms with Gasteiger partial charge in [-0.05, 0) is 54.8 Å². The SMILES string of the molecule is Cc1cc(-c2ncc3cc(C(F)(F)F)ccc3n2)ccc1C1CCn2ncc(C3=c4ccccc4=NCC3=O)c2C1=O. The average molecular weight is 566 g/mol. The summed E-state index contributed by atoms with van der Waals surface area (Å²) in [7, 11) is 0. The molecule has 0 bridgehead atoms. The third-order valence-corrected chi connectivity index (χ3v) is 7.94. The molecule has 7 nitrogen and oxygen atoms in total. The summed E-state index contributed by atoms with van der Waals surface area (Å²) in [6.07, 6.45) is -0.898. The molecule has 2 aliphatic heterocycles. The molecule has 4 heterocycles. The van der Waals surface area contributed by atoms with Crippen LogP contribution in [0.2, 0.25) is 0 Å². The van der Waals surface area contributed by atoms with Crippen LogP contribution in [-0.4, -0.2) is 37.9 Å². The Kier molecular flexibility index (Phi) is 5.89. The van der Waals surface area contributed by atoms with Crippen LogP contribution in [0.15, 0.2) is 78.0 Å². The van der Waals surface area contributed by atoms with Crippen LogP contribution in [0.25, 0.3) is 27.9 Å². The van der Waals surface area contributed by atoms with Gasteiger partial charge in [-0.25, -0.2) is 9.97 Å². The number of para-hydroxylation sites is 1. The smallest absolute Gasteiger partial charge is 0.292 e. The Morgan fingerprint density at radius 2 is 1.81 bits per heavy atom. The fraction of sp³-hybridized carbons (Fsp3) is 0.188. The molecule has 0 amide bonds. The third-order valence-electron chi connectivity index (χ3n) is 7.94. The zero-order valence-corrected chi connectivity index (χ0v) is 22.3. The number of rotatable bonds is 3. The highest BCUT2D eigenvalue weighted by atomic mass is 19.4. The zero-order valence-electron chi connectivity index (χ0n) is 22.3. The van der Waals surface area contributed by atoms with Crippen molar-refractivity contribution in [2.24, 2.45) is 4.99 Å². The van der Waals surface area contributed by atoms with E-state index in [2.05, 4.69) is 20.1 Å². The molecule has 42 heavy (non-hydrogen) atoms. The Bertz CT molecular complexity index is 2080. The Hall–Kier alpha value is -4.99. The maximum absolute atomic E-state index is 14.0. The normalized spacial score (nSPS) is 16.8. The second-order valence-electron chi connectivity index (χ2n) is 10.5. The lowest BCUT2D eigenvalue weighted by Crippen LogP contribution is -2.36. The van der Waals surface area contributed by atoms with E-state index in [4.69, 9.17) is 0 Å². The minimum absolute atomic E-state index is 0.0233. The molecule has 1 unspecified atom stereocenters. The number of fused-ring (bicyclic) bond motifs is 3. The number of carbonyl (C=O) groups excluding carboxylic acids is 2. The third kappa shape index (κ3) is 4.22. The summed E-state index contributed by atoms with van der Waals surface area (Å²) < 4.78 is 41.0. The molecule has 0 spiro atoms. The molecule has 0 N–H and O–H groups in total. The van der Waals surface area contributed by atoms with Crippen molar-refractivity contribution in [3.63, 3.8) is 0 Å². The molecule has 5 aromatic rings. The number of carbonyl (C=O) groups is 2. The van der Waals surface area contributed by atoms with Crippen LogP contribution < -0.4 is 10.6 Å². The number of aromatic nitrogens is 4. The van der Waals surface area contributed by atoms with Crippen LogP contribution in [0.5, 0.6) is 0 Å². The quantitative estimate of drug-likeness (QED) is 0.319. The maximum Gasteiger partial charge on any atom is 0.416 e. The number of benzene rings is 3. The van der Waals surface area contributed by atoms with E-state index in [1.165, 1.54) is 12.3 Å².